The van der Waals surface area contributed by atoms with Crippen molar-refractivity contribution in [3.05, 3.63) is 36.0 Å². The van der Waals surface area contributed by atoms with E-state index in [1.807, 2.05) is 31.7 Å². The number of aliphatic hydroxyl groups excluding tert-OH is 1. The fourth-order valence-corrected chi connectivity index (χ4v) is 9.90. The Morgan fingerprint density at radius 3 is 2.35 bits per heavy atom. The van der Waals surface area contributed by atoms with Crippen LogP contribution < -0.4 is 0 Å². The zero-order valence-corrected chi connectivity index (χ0v) is 34.3. The summed E-state index contributed by atoms with van der Waals surface area (Å²) in [6.45, 7) is 13.4. The number of allylic oxidation sites excluding steroid dienone is 4. The molecule has 3 fully saturated rings. The molecule has 2 N–H and O–H groups in total. The van der Waals surface area contributed by atoms with E-state index < -0.39 is 77.8 Å². The van der Waals surface area contributed by atoms with Crippen molar-refractivity contribution in [2.45, 2.75) is 141 Å². The molecule has 0 saturated carbocycles. The lowest BCUT2D eigenvalue weighted by Gasteiger charge is -2.47. The minimum atomic E-state index is -2.48. The number of esters is 1. The largest absolute Gasteiger partial charge is 0.456 e. The van der Waals surface area contributed by atoms with Crippen molar-refractivity contribution in [2.75, 3.05) is 32.3 Å². The smallest absolute Gasteiger partial charge is 0.329 e. The van der Waals surface area contributed by atoms with Gasteiger partial charge in [-0.1, -0.05) is 44.6 Å². The number of amides is 1. The van der Waals surface area contributed by atoms with Crippen molar-refractivity contribution >= 4 is 35.2 Å². The summed E-state index contributed by atoms with van der Waals surface area (Å²) in [5, 5.41) is 23.6. The molecule has 0 unspecified atom stereocenters. The standard InChI is InChI=1S/C42H65NO10S/c1-9-12-31-20-25(2)19-26(3)21-35(50-7)38-36(51-8)23-28(5)42(49,53-38)39(46)40(47)43-16-11-10-13-32(43)41(48)52-37(29(6)33(44)24-34(31)45)27(4)22-30-14-17-54-18-15-30/h9,20,22,26,28-33,35-38,44,49H,1,10-19,21,23-24H2,2-8H3/b25-20+,27-22+/t26-,28+,29+,31+,32-,33-,35-,36-,37+,38+,42+/m0/s1. The maximum absolute atomic E-state index is 14.2. The summed E-state index contributed by atoms with van der Waals surface area (Å²) in [5.41, 5.74) is 1.76. The van der Waals surface area contributed by atoms with Gasteiger partial charge in [0.05, 0.1) is 18.3 Å². The van der Waals surface area contributed by atoms with Crippen molar-refractivity contribution in [3.8, 4) is 0 Å². The first-order valence-electron chi connectivity index (χ1n) is 19.9. The highest BCUT2D eigenvalue weighted by atomic mass is 32.2. The Balaban J connectivity index is 1.77. The van der Waals surface area contributed by atoms with Crippen molar-refractivity contribution < 1.29 is 48.3 Å². The fraction of sp³-hybridized carbons (Fsp3) is 0.762. The molecule has 0 aromatic heterocycles. The molecule has 12 heteroatoms. The lowest BCUT2D eigenvalue weighted by molar-refractivity contribution is -0.302. The summed E-state index contributed by atoms with van der Waals surface area (Å²) in [5.74, 6) is -5.02. The van der Waals surface area contributed by atoms with Crippen LogP contribution in [0.5, 0.6) is 0 Å². The van der Waals surface area contributed by atoms with E-state index in [9.17, 15) is 29.4 Å². The molecule has 0 radical (unpaired) electrons. The summed E-state index contributed by atoms with van der Waals surface area (Å²) in [7, 11) is 3.08. The first-order chi connectivity index (χ1) is 25.6. The van der Waals surface area contributed by atoms with E-state index in [1.165, 1.54) is 19.1 Å². The van der Waals surface area contributed by atoms with Crippen LogP contribution in [-0.4, -0.2) is 113 Å². The van der Waals surface area contributed by atoms with Gasteiger partial charge in [0.1, 0.15) is 24.0 Å². The Hall–Kier alpha value is -2.35. The number of piperidine rings is 1. The van der Waals surface area contributed by atoms with Gasteiger partial charge in [0, 0.05) is 44.9 Å². The minimum absolute atomic E-state index is 0.0341. The van der Waals surface area contributed by atoms with E-state index in [0.29, 0.717) is 32.1 Å². The summed E-state index contributed by atoms with van der Waals surface area (Å²) in [6, 6.07) is -1.08. The van der Waals surface area contributed by atoms with Gasteiger partial charge in [0.15, 0.2) is 0 Å². The maximum atomic E-state index is 14.2. The molecule has 1 amide bonds. The Kier molecular flexibility index (Phi) is 16.6. The monoisotopic (exact) mass is 775 g/mol. The van der Waals surface area contributed by atoms with Crippen LogP contribution in [0.2, 0.25) is 0 Å². The molecule has 54 heavy (non-hydrogen) atoms. The Labute approximate surface area is 326 Å². The molecule has 2 bridgehead atoms. The van der Waals surface area contributed by atoms with Gasteiger partial charge in [-0.15, -0.1) is 6.58 Å². The average Bonchev–Trinajstić information content (AvgIpc) is 3.15. The Morgan fingerprint density at radius 1 is 1.04 bits per heavy atom. The number of thioether (sulfide) groups is 1. The lowest BCUT2D eigenvalue weighted by atomic mass is 9.82. The summed E-state index contributed by atoms with van der Waals surface area (Å²) >= 11 is 1.91. The molecule has 0 aromatic rings. The zero-order chi connectivity index (χ0) is 39.7. The number of nitrogens with zero attached hydrogens (tertiary/aromatic N) is 1. The Morgan fingerprint density at radius 2 is 1.70 bits per heavy atom. The second kappa shape index (κ2) is 20.2. The predicted octanol–water partition coefficient (Wildman–Crippen LogP) is 5.61. The number of ketones is 2. The van der Waals surface area contributed by atoms with Gasteiger partial charge in [-0.05, 0) is 101 Å². The third kappa shape index (κ3) is 10.7. The molecule has 11 atom stereocenters. The molecule has 304 valence electrons. The Bertz CT molecular complexity index is 1390. The lowest BCUT2D eigenvalue weighted by Crippen LogP contribution is -2.64. The number of hydrogen-bond donors (Lipinski definition) is 2. The van der Waals surface area contributed by atoms with E-state index in [2.05, 4.69) is 19.6 Å². The third-order valence-electron chi connectivity index (χ3n) is 12.0. The average molecular weight is 776 g/mol. The second-order valence-electron chi connectivity index (χ2n) is 16.3. The van der Waals surface area contributed by atoms with Crippen LogP contribution in [0.4, 0.5) is 0 Å². The number of fused-ring (bicyclic) bond motifs is 3. The molecule has 4 aliphatic rings. The van der Waals surface area contributed by atoms with Gasteiger partial charge in [-0.2, -0.15) is 11.8 Å². The topological polar surface area (TPSA) is 149 Å². The first-order valence-corrected chi connectivity index (χ1v) is 21.1. The van der Waals surface area contributed by atoms with E-state index >= 15 is 0 Å². The highest BCUT2D eigenvalue weighted by Crippen LogP contribution is 2.39. The molecule has 4 rings (SSSR count). The van der Waals surface area contributed by atoms with E-state index in [0.717, 1.165) is 35.5 Å². The molecular weight excluding hydrogens is 711 g/mol. The number of Topliss-reactive ketones (excluding diaryl/α,β-unsaturated/α-hetero) is 2. The highest BCUT2D eigenvalue weighted by molar-refractivity contribution is 7.99. The van der Waals surface area contributed by atoms with Gasteiger partial charge in [0.2, 0.25) is 5.79 Å². The molecule has 0 aliphatic carbocycles. The third-order valence-corrected chi connectivity index (χ3v) is 13.1. The SMILES string of the molecule is C=CC[C@@H]1/C=C(\C)C[C@H](C)C[C@H](OC)[C@H]2O[C@@](O)(C(=O)C(=O)N3CCCC[C@H]3C(=O)O[C@H](/C(C)=C/C3CCSCC3)[C@H](C)[C@@H](O)CC1=O)[C@H](C)C[C@@H]2OC. The van der Waals surface area contributed by atoms with Crippen molar-refractivity contribution in [1.82, 2.24) is 4.90 Å². The van der Waals surface area contributed by atoms with Crippen molar-refractivity contribution in [1.29, 1.82) is 0 Å². The van der Waals surface area contributed by atoms with Crippen LogP contribution in [-0.2, 0) is 38.1 Å². The van der Waals surface area contributed by atoms with Gasteiger partial charge in [-0.25, -0.2) is 4.79 Å². The molecule has 0 aromatic carbocycles. The second-order valence-corrected chi connectivity index (χ2v) is 17.5. The van der Waals surface area contributed by atoms with Gasteiger partial charge >= 0.3 is 5.97 Å². The number of carbonyl (C=O) groups is 4. The zero-order valence-electron chi connectivity index (χ0n) is 33.5. The van der Waals surface area contributed by atoms with Crippen LogP contribution >= 0.6 is 11.8 Å². The molecule has 3 saturated heterocycles. The number of methoxy groups -OCH3 is 2. The van der Waals surface area contributed by atoms with Crippen LogP contribution in [0.1, 0.15) is 98.8 Å². The number of aliphatic hydroxyl groups is 2. The molecule has 4 aliphatic heterocycles. The van der Waals surface area contributed by atoms with E-state index in [4.69, 9.17) is 18.9 Å². The van der Waals surface area contributed by atoms with Crippen LogP contribution in [0.15, 0.2) is 36.0 Å². The van der Waals surface area contributed by atoms with Crippen molar-refractivity contribution in [3.63, 3.8) is 0 Å². The number of carbonyl (C=O) groups excluding carboxylic acids is 4. The normalized spacial score (nSPS) is 38.8. The summed E-state index contributed by atoms with van der Waals surface area (Å²) in [4.78, 5) is 57.6. The van der Waals surface area contributed by atoms with E-state index in [1.54, 1.807) is 19.9 Å². The number of ether oxygens (including phenoxy) is 4. The molecular formula is C42H65NO10S. The van der Waals surface area contributed by atoms with Crippen molar-refractivity contribution in [2.24, 2.45) is 29.6 Å². The maximum Gasteiger partial charge on any atom is 0.329 e. The summed E-state index contributed by atoms with van der Waals surface area (Å²) < 4.78 is 24.2. The minimum Gasteiger partial charge on any atom is -0.456 e. The van der Waals surface area contributed by atoms with Gasteiger partial charge < -0.3 is 34.1 Å². The fourth-order valence-electron chi connectivity index (χ4n) is 8.76. The molecule has 0 spiro atoms. The van der Waals surface area contributed by atoms with E-state index in [-0.39, 0.29) is 43.4 Å². The summed E-state index contributed by atoms with van der Waals surface area (Å²) in [6.07, 6.45) is 6.81. The predicted molar refractivity (Wildman–Crippen MR) is 208 cm³/mol. The number of hydrogen-bond acceptors (Lipinski definition) is 11. The molecule has 4 heterocycles. The molecule has 11 nitrogen and oxygen atoms in total. The number of rotatable bonds is 6. The van der Waals surface area contributed by atoms with Crippen LogP contribution in [0.3, 0.4) is 0 Å². The number of cyclic esters (lactones) is 1. The van der Waals surface area contributed by atoms with Crippen LogP contribution in [0, 0.1) is 29.6 Å². The van der Waals surface area contributed by atoms with Gasteiger partial charge in [-0.3, -0.25) is 14.4 Å². The van der Waals surface area contributed by atoms with Gasteiger partial charge in [0.25, 0.3) is 11.7 Å². The first kappa shape index (κ1) is 44.4. The quantitative estimate of drug-likeness (QED) is 0.197. The van der Waals surface area contributed by atoms with Crippen LogP contribution in [0.25, 0.3) is 0 Å². The highest BCUT2D eigenvalue weighted by Gasteiger charge is 2.56.